The third-order valence-corrected chi connectivity index (χ3v) is 6.02. The third-order valence-electron chi connectivity index (χ3n) is 6.02. The Bertz CT molecular complexity index is 1140. The van der Waals surface area contributed by atoms with E-state index in [2.05, 4.69) is 33.2 Å². The molecule has 2 aromatic heterocycles. The largest absolute Gasteiger partial charge is 0.466 e. The number of carbonyl (C=O) groups is 2. The molecule has 1 aromatic carbocycles. The SMILES string of the molecule is CCCC(CC(=O)OCC)n1ccc2cc(NC(=O)Cc3ccc4c(n3)NCCC4)ccc21. The van der Waals surface area contributed by atoms with Gasteiger partial charge in [0.15, 0.2) is 0 Å². The fourth-order valence-electron chi connectivity index (χ4n) is 4.48. The third kappa shape index (κ3) is 5.53. The van der Waals surface area contributed by atoms with Crippen LogP contribution in [-0.4, -0.2) is 34.6 Å². The zero-order valence-electron chi connectivity index (χ0n) is 19.4. The van der Waals surface area contributed by atoms with Crippen LogP contribution in [0.4, 0.5) is 11.5 Å². The highest BCUT2D eigenvalue weighted by molar-refractivity contribution is 5.95. The van der Waals surface area contributed by atoms with Crippen LogP contribution in [0.25, 0.3) is 10.9 Å². The summed E-state index contributed by atoms with van der Waals surface area (Å²) in [4.78, 5) is 29.3. The second-order valence-electron chi connectivity index (χ2n) is 8.51. The number of carbonyl (C=O) groups excluding carboxylic acids is 2. The van der Waals surface area contributed by atoms with Gasteiger partial charge in [-0.2, -0.15) is 0 Å². The molecule has 33 heavy (non-hydrogen) atoms. The number of fused-ring (bicyclic) bond motifs is 2. The van der Waals surface area contributed by atoms with Crippen molar-refractivity contribution < 1.29 is 14.3 Å². The summed E-state index contributed by atoms with van der Waals surface area (Å²) in [6.07, 6.45) is 6.60. The molecule has 7 nitrogen and oxygen atoms in total. The van der Waals surface area contributed by atoms with E-state index >= 15 is 0 Å². The van der Waals surface area contributed by atoms with Gasteiger partial charge in [0.05, 0.1) is 25.1 Å². The number of nitrogens with zero attached hydrogens (tertiary/aromatic N) is 2. The number of pyridine rings is 1. The smallest absolute Gasteiger partial charge is 0.307 e. The Labute approximate surface area is 194 Å². The number of ether oxygens (including phenoxy) is 1. The Morgan fingerprint density at radius 3 is 2.91 bits per heavy atom. The molecule has 0 saturated heterocycles. The van der Waals surface area contributed by atoms with E-state index in [0.717, 1.165) is 60.3 Å². The molecule has 0 spiro atoms. The van der Waals surface area contributed by atoms with Gasteiger partial charge in [0.2, 0.25) is 5.91 Å². The minimum atomic E-state index is -0.173. The summed E-state index contributed by atoms with van der Waals surface area (Å²) in [7, 11) is 0. The molecule has 0 bridgehead atoms. The van der Waals surface area contributed by atoms with Crippen LogP contribution in [0, 0.1) is 0 Å². The van der Waals surface area contributed by atoms with Crippen molar-refractivity contribution in [1.82, 2.24) is 9.55 Å². The van der Waals surface area contributed by atoms with E-state index in [1.165, 1.54) is 5.56 Å². The second kappa shape index (κ2) is 10.5. The number of aryl methyl sites for hydroxylation is 1. The van der Waals surface area contributed by atoms with Crippen molar-refractivity contribution in [2.24, 2.45) is 0 Å². The molecule has 1 unspecified atom stereocenters. The molecule has 4 rings (SSSR count). The number of esters is 1. The van der Waals surface area contributed by atoms with Crippen LogP contribution >= 0.6 is 0 Å². The maximum atomic E-state index is 12.6. The van der Waals surface area contributed by atoms with Gasteiger partial charge in [-0.25, -0.2) is 4.98 Å². The molecule has 1 atom stereocenters. The first-order valence-electron chi connectivity index (χ1n) is 11.9. The summed E-state index contributed by atoms with van der Waals surface area (Å²) < 4.78 is 7.31. The number of anilines is 2. The highest BCUT2D eigenvalue weighted by Gasteiger charge is 2.18. The first kappa shape index (κ1) is 22.8. The minimum Gasteiger partial charge on any atom is -0.466 e. The molecule has 1 aliphatic heterocycles. The summed E-state index contributed by atoms with van der Waals surface area (Å²) in [5.41, 5.74) is 3.76. The lowest BCUT2D eigenvalue weighted by molar-refractivity contribution is -0.144. The Hall–Kier alpha value is -3.35. The number of rotatable bonds is 9. The van der Waals surface area contributed by atoms with E-state index in [9.17, 15) is 9.59 Å². The Balaban J connectivity index is 1.45. The highest BCUT2D eigenvalue weighted by Crippen LogP contribution is 2.28. The van der Waals surface area contributed by atoms with Gasteiger partial charge in [0.25, 0.3) is 0 Å². The standard InChI is InChI=1S/C26H32N4O3/c1-3-6-22(17-25(32)33-4-2)30-14-12-19-15-20(10-11-23(19)30)28-24(31)16-21-9-8-18-7-5-13-27-26(18)29-21/h8-12,14-15,22H,3-7,13,16-17H2,1-2H3,(H,27,29)(H,28,31). The van der Waals surface area contributed by atoms with Crippen LogP contribution < -0.4 is 10.6 Å². The van der Waals surface area contributed by atoms with E-state index < -0.39 is 0 Å². The minimum absolute atomic E-state index is 0.0516. The van der Waals surface area contributed by atoms with E-state index in [1.54, 1.807) is 0 Å². The summed E-state index contributed by atoms with van der Waals surface area (Å²) in [5, 5.41) is 7.33. The van der Waals surface area contributed by atoms with Crippen molar-refractivity contribution in [2.75, 3.05) is 23.8 Å². The lowest BCUT2D eigenvalue weighted by Gasteiger charge is -2.19. The van der Waals surface area contributed by atoms with Crippen molar-refractivity contribution >= 4 is 34.3 Å². The van der Waals surface area contributed by atoms with Gasteiger partial charge in [-0.1, -0.05) is 19.4 Å². The molecule has 1 aliphatic rings. The predicted octanol–water partition coefficient (Wildman–Crippen LogP) is 4.87. The van der Waals surface area contributed by atoms with Crippen LogP contribution in [0.5, 0.6) is 0 Å². The maximum absolute atomic E-state index is 12.6. The van der Waals surface area contributed by atoms with Gasteiger partial charge >= 0.3 is 5.97 Å². The van der Waals surface area contributed by atoms with Crippen LogP contribution in [0.15, 0.2) is 42.6 Å². The molecular weight excluding hydrogens is 416 g/mol. The van der Waals surface area contributed by atoms with Crippen LogP contribution in [-0.2, 0) is 27.2 Å². The van der Waals surface area contributed by atoms with Crippen molar-refractivity contribution in [3.05, 3.63) is 53.9 Å². The van der Waals surface area contributed by atoms with Gasteiger partial charge in [-0.15, -0.1) is 0 Å². The van der Waals surface area contributed by atoms with Crippen molar-refractivity contribution in [2.45, 2.75) is 58.4 Å². The zero-order valence-corrected chi connectivity index (χ0v) is 19.4. The van der Waals surface area contributed by atoms with Gasteiger partial charge in [0.1, 0.15) is 5.82 Å². The average Bonchev–Trinajstić information content (AvgIpc) is 3.22. The summed E-state index contributed by atoms with van der Waals surface area (Å²) in [5.74, 6) is 0.634. The fraction of sp³-hybridized carbons (Fsp3) is 0.423. The van der Waals surface area contributed by atoms with E-state index in [4.69, 9.17) is 4.74 Å². The Morgan fingerprint density at radius 1 is 1.21 bits per heavy atom. The lowest BCUT2D eigenvalue weighted by atomic mass is 10.1. The maximum Gasteiger partial charge on any atom is 0.307 e. The summed E-state index contributed by atoms with van der Waals surface area (Å²) in [6, 6.07) is 12.0. The monoisotopic (exact) mass is 448 g/mol. The molecule has 7 heteroatoms. The molecule has 3 heterocycles. The molecule has 1 amide bonds. The van der Waals surface area contributed by atoms with Crippen molar-refractivity contribution in [3.63, 3.8) is 0 Å². The molecule has 3 aromatic rings. The number of aromatic nitrogens is 2. The summed E-state index contributed by atoms with van der Waals surface area (Å²) in [6.45, 7) is 5.26. The van der Waals surface area contributed by atoms with E-state index in [1.807, 2.05) is 43.5 Å². The van der Waals surface area contributed by atoms with Crippen molar-refractivity contribution in [1.29, 1.82) is 0 Å². The summed E-state index contributed by atoms with van der Waals surface area (Å²) >= 11 is 0. The van der Waals surface area contributed by atoms with Gasteiger partial charge in [0, 0.05) is 35.4 Å². The van der Waals surface area contributed by atoms with E-state index in [0.29, 0.717) is 13.0 Å². The molecule has 0 fully saturated rings. The number of nitrogens with one attached hydrogen (secondary N) is 2. The Kier molecular flexibility index (Phi) is 7.27. The van der Waals surface area contributed by atoms with Crippen LogP contribution in [0.2, 0.25) is 0 Å². The second-order valence-corrected chi connectivity index (χ2v) is 8.51. The molecular formula is C26H32N4O3. The van der Waals surface area contributed by atoms with Crippen molar-refractivity contribution in [3.8, 4) is 0 Å². The number of amides is 1. The molecule has 2 N–H and O–H groups in total. The van der Waals surface area contributed by atoms with Gasteiger partial charge < -0.3 is 19.9 Å². The Morgan fingerprint density at radius 2 is 2.09 bits per heavy atom. The predicted molar refractivity (Wildman–Crippen MR) is 131 cm³/mol. The van der Waals surface area contributed by atoms with Gasteiger partial charge in [-0.05, 0) is 62.1 Å². The quantitative estimate of drug-likeness (QED) is 0.456. The molecule has 0 radical (unpaired) electrons. The van der Waals surface area contributed by atoms with Crippen LogP contribution in [0.3, 0.4) is 0 Å². The number of hydrogen-bond donors (Lipinski definition) is 2. The van der Waals surface area contributed by atoms with Gasteiger partial charge in [-0.3, -0.25) is 9.59 Å². The highest BCUT2D eigenvalue weighted by atomic mass is 16.5. The first-order valence-corrected chi connectivity index (χ1v) is 11.9. The lowest BCUT2D eigenvalue weighted by Crippen LogP contribution is -2.18. The molecule has 0 saturated carbocycles. The van der Waals surface area contributed by atoms with E-state index in [-0.39, 0.29) is 24.3 Å². The first-order chi connectivity index (χ1) is 16.1. The normalized spacial score (nSPS) is 13.8. The number of hydrogen-bond acceptors (Lipinski definition) is 5. The number of benzene rings is 1. The molecule has 0 aliphatic carbocycles. The topological polar surface area (TPSA) is 85.2 Å². The fourth-order valence-corrected chi connectivity index (χ4v) is 4.48. The molecule has 174 valence electrons. The van der Waals surface area contributed by atoms with Crippen LogP contribution in [0.1, 0.15) is 56.8 Å². The average molecular weight is 449 g/mol. The zero-order chi connectivity index (χ0) is 23.2.